The molecule has 0 spiro atoms. The quantitative estimate of drug-likeness (QED) is 0.630. The van der Waals surface area contributed by atoms with Gasteiger partial charge >= 0.3 is 0 Å². The smallest absolute Gasteiger partial charge is 0.261 e. The Morgan fingerprint density at radius 3 is 2.41 bits per heavy atom. The summed E-state index contributed by atoms with van der Waals surface area (Å²) in [4.78, 5) is 12.7. The third kappa shape index (κ3) is 4.48. The van der Waals surface area contributed by atoms with E-state index in [1.807, 2.05) is 50.2 Å². The van der Waals surface area contributed by atoms with Crippen molar-refractivity contribution in [3.05, 3.63) is 77.4 Å². The molecular weight excluding hydrogens is 334 g/mol. The molecule has 3 aromatic rings. The lowest BCUT2D eigenvalue weighted by Crippen LogP contribution is -2.39. The molecule has 0 aromatic heterocycles. The highest BCUT2D eigenvalue weighted by Gasteiger charge is 2.21. The zero-order chi connectivity index (χ0) is 19.4. The molecule has 3 rings (SSSR count). The van der Waals surface area contributed by atoms with Crippen molar-refractivity contribution >= 4 is 16.7 Å². The Morgan fingerprint density at radius 1 is 0.963 bits per heavy atom. The van der Waals surface area contributed by atoms with Crippen molar-refractivity contribution in [3.8, 4) is 5.75 Å². The number of carbonyl (C=O) groups is 1. The third-order valence-corrected chi connectivity index (χ3v) is 5.05. The average molecular weight is 361 g/mol. The predicted molar refractivity (Wildman–Crippen MR) is 111 cm³/mol. The number of amides is 1. The number of hydrogen-bond donors (Lipinski definition) is 1. The van der Waals surface area contributed by atoms with Gasteiger partial charge in [-0.15, -0.1) is 0 Å². The number of ether oxygens (including phenoxy) is 1. The average Bonchev–Trinajstić information content (AvgIpc) is 2.67. The molecule has 0 heterocycles. The van der Waals surface area contributed by atoms with Crippen LogP contribution in [0, 0.1) is 13.8 Å². The van der Waals surface area contributed by atoms with E-state index in [-0.39, 0.29) is 11.9 Å². The van der Waals surface area contributed by atoms with Crippen LogP contribution in [-0.2, 0) is 4.79 Å². The first kappa shape index (κ1) is 19.0. The molecule has 0 aliphatic rings. The van der Waals surface area contributed by atoms with Crippen molar-refractivity contribution in [1.29, 1.82) is 0 Å². The van der Waals surface area contributed by atoms with Crippen LogP contribution in [-0.4, -0.2) is 12.0 Å². The van der Waals surface area contributed by atoms with Crippen molar-refractivity contribution in [2.24, 2.45) is 0 Å². The lowest BCUT2D eigenvalue weighted by atomic mass is 10.0. The molecule has 27 heavy (non-hydrogen) atoms. The third-order valence-electron chi connectivity index (χ3n) is 5.05. The molecule has 140 valence electrons. The zero-order valence-electron chi connectivity index (χ0n) is 16.5. The van der Waals surface area contributed by atoms with Gasteiger partial charge in [0.25, 0.3) is 5.91 Å². The number of hydrogen-bond acceptors (Lipinski definition) is 2. The molecular formula is C24H27NO2. The molecule has 3 nitrogen and oxygen atoms in total. The van der Waals surface area contributed by atoms with Crippen LogP contribution in [0.5, 0.6) is 5.75 Å². The highest BCUT2D eigenvalue weighted by atomic mass is 16.5. The highest BCUT2D eigenvalue weighted by molar-refractivity contribution is 5.84. The van der Waals surface area contributed by atoms with Gasteiger partial charge in [-0.2, -0.15) is 0 Å². The van der Waals surface area contributed by atoms with Crippen molar-refractivity contribution < 1.29 is 9.53 Å². The fourth-order valence-electron chi connectivity index (χ4n) is 3.15. The first-order valence-electron chi connectivity index (χ1n) is 9.51. The number of carbonyl (C=O) groups excluding carboxylic acids is 1. The van der Waals surface area contributed by atoms with E-state index < -0.39 is 6.10 Å². The van der Waals surface area contributed by atoms with Crippen LogP contribution in [0.1, 0.15) is 43.0 Å². The van der Waals surface area contributed by atoms with Gasteiger partial charge in [0.2, 0.25) is 0 Å². The molecule has 0 aliphatic heterocycles. The summed E-state index contributed by atoms with van der Waals surface area (Å²) in [5.41, 5.74) is 3.59. The number of nitrogens with one attached hydrogen (secondary N) is 1. The summed E-state index contributed by atoms with van der Waals surface area (Å²) in [7, 11) is 0. The SMILES string of the molecule is CC[C@H](Oc1ccc2ccccc2c1)C(=O)N[C@@H](C)c1ccc(C)c(C)c1. The Morgan fingerprint density at radius 2 is 1.70 bits per heavy atom. The van der Waals surface area contributed by atoms with Crippen LogP contribution in [0.15, 0.2) is 60.7 Å². The van der Waals surface area contributed by atoms with Crippen LogP contribution in [0.2, 0.25) is 0 Å². The summed E-state index contributed by atoms with van der Waals surface area (Å²) in [5.74, 6) is 0.630. The summed E-state index contributed by atoms with van der Waals surface area (Å²) < 4.78 is 6.00. The summed E-state index contributed by atoms with van der Waals surface area (Å²) in [6.07, 6.45) is 0.0957. The largest absolute Gasteiger partial charge is 0.481 e. The molecule has 0 fully saturated rings. The van der Waals surface area contributed by atoms with Gasteiger partial charge in [-0.05, 0) is 66.8 Å². The lowest BCUT2D eigenvalue weighted by Gasteiger charge is -2.21. The number of fused-ring (bicyclic) bond motifs is 1. The molecule has 2 atom stereocenters. The van der Waals surface area contributed by atoms with Crippen LogP contribution >= 0.6 is 0 Å². The summed E-state index contributed by atoms with van der Waals surface area (Å²) >= 11 is 0. The second-order valence-corrected chi connectivity index (χ2v) is 7.10. The zero-order valence-corrected chi connectivity index (χ0v) is 16.5. The van der Waals surface area contributed by atoms with E-state index in [1.165, 1.54) is 11.1 Å². The normalized spacial score (nSPS) is 13.2. The number of benzene rings is 3. The van der Waals surface area contributed by atoms with Crippen LogP contribution in [0.25, 0.3) is 10.8 Å². The fraction of sp³-hybridized carbons (Fsp3) is 0.292. The second-order valence-electron chi connectivity index (χ2n) is 7.10. The maximum absolute atomic E-state index is 12.7. The molecule has 0 aliphatic carbocycles. The molecule has 0 saturated carbocycles. The molecule has 0 radical (unpaired) electrons. The van der Waals surface area contributed by atoms with Gasteiger partial charge < -0.3 is 10.1 Å². The van der Waals surface area contributed by atoms with Gasteiger partial charge in [0, 0.05) is 0 Å². The minimum Gasteiger partial charge on any atom is -0.481 e. The van der Waals surface area contributed by atoms with E-state index >= 15 is 0 Å². The summed E-state index contributed by atoms with van der Waals surface area (Å²) in [5, 5.41) is 5.35. The first-order chi connectivity index (χ1) is 13.0. The van der Waals surface area contributed by atoms with Crippen molar-refractivity contribution in [1.82, 2.24) is 5.32 Å². The van der Waals surface area contributed by atoms with Crippen molar-refractivity contribution in [2.45, 2.75) is 46.3 Å². The topological polar surface area (TPSA) is 38.3 Å². The Bertz CT molecular complexity index is 948. The second kappa shape index (κ2) is 8.26. The highest BCUT2D eigenvalue weighted by Crippen LogP contribution is 2.23. The molecule has 1 N–H and O–H groups in total. The number of aryl methyl sites for hydroxylation is 2. The number of rotatable bonds is 6. The van der Waals surface area contributed by atoms with Gasteiger partial charge in [0.15, 0.2) is 6.10 Å². The lowest BCUT2D eigenvalue weighted by molar-refractivity contribution is -0.128. The maximum atomic E-state index is 12.7. The van der Waals surface area contributed by atoms with E-state index in [0.717, 1.165) is 22.1 Å². The minimum absolute atomic E-state index is 0.0638. The molecule has 0 saturated heterocycles. The molecule has 0 bridgehead atoms. The van der Waals surface area contributed by atoms with Crippen LogP contribution in [0.3, 0.4) is 0 Å². The van der Waals surface area contributed by atoms with Gasteiger partial charge in [0.1, 0.15) is 5.75 Å². The van der Waals surface area contributed by atoms with Gasteiger partial charge in [-0.1, -0.05) is 55.5 Å². The Balaban J connectivity index is 1.70. The van der Waals surface area contributed by atoms with Crippen LogP contribution < -0.4 is 10.1 Å². The Kier molecular flexibility index (Phi) is 5.80. The molecule has 0 unspecified atom stereocenters. The Labute approximate surface area is 161 Å². The summed E-state index contributed by atoms with van der Waals surface area (Å²) in [6.45, 7) is 8.15. The van der Waals surface area contributed by atoms with E-state index in [4.69, 9.17) is 4.74 Å². The summed E-state index contributed by atoms with van der Waals surface area (Å²) in [6, 6.07) is 20.3. The molecule has 1 amide bonds. The van der Waals surface area contributed by atoms with Crippen molar-refractivity contribution in [3.63, 3.8) is 0 Å². The van der Waals surface area contributed by atoms with Crippen LogP contribution in [0.4, 0.5) is 0 Å². The van der Waals surface area contributed by atoms with Gasteiger partial charge in [-0.25, -0.2) is 0 Å². The fourth-order valence-corrected chi connectivity index (χ4v) is 3.15. The minimum atomic E-state index is -0.514. The standard InChI is InChI=1S/C24H27NO2/c1-5-23(27-22-13-12-19-8-6-7-9-21(19)15-22)24(26)25-18(4)20-11-10-16(2)17(3)14-20/h6-15,18,23H,5H2,1-4H3,(H,25,26)/t18-,23-/m0/s1. The molecule has 3 aromatic carbocycles. The van der Waals surface area contributed by atoms with E-state index in [1.54, 1.807) is 0 Å². The predicted octanol–water partition coefficient (Wildman–Crippen LogP) is 5.49. The van der Waals surface area contributed by atoms with E-state index in [0.29, 0.717) is 6.42 Å². The van der Waals surface area contributed by atoms with Gasteiger partial charge in [-0.3, -0.25) is 4.79 Å². The van der Waals surface area contributed by atoms with E-state index in [2.05, 4.69) is 43.4 Å². The first-order valence-corrected chi connectivity index (χ1v) is 9.51. The Hall–Kier alpha value is -2.81. The monoisotopic (exact) mass is 361 g/mol. The van der Waals surface area contributed by atoms with E-state index in [9.17, 15) is 4.79 Å². The van der Waals surface area contributed by atoms with Crippen molar-refractivity contribution in [2.75, 3.05) is 0 Å². The molecule has 3 heteroatoms. The maximum Gasteiger partial charge on any atom is 0.261 e. The van der Waals surface area contributed by atoms with Gasteiger partial charge in [0.05, 0.1) is 6.04 Å².